The highest BCUT2D eigenvalue weighted by atomic mass is 79.9. The topological polar surface area (TPSA) is 84.9 Å². The summed E-state index contributed by atoms with van der Waals surface area (Å²) in [7, 11) is 1.48. The number of carbonyl (C=O) groups is 3. The minimum absolute atomic E-state index is 0.191. The normalized spacial score (nSPS) is 14.8. The number of aryl methyl sites for hydroxylation is 1. The molecule has 3 aromatic rings. The molecule has 4 amide bonds. The average Bonchev–Trinajstić information content (AvgIpc) is 2.84. The second kappa shape index (κ2) is 10.7. The van der Waals surface area contributed by atoms with E-state index in [0.717, 1.165) is 14.9 Å². The zero-order valence-corrected chi connectivity index (χ0v) is 22.2. The molecule has 0 atom stereocenters. The smallest absolute Gasteiger partial charge is 0.335 e. The molecule has 0 saturated carbocycles. The Bertz CT molecular complexity index is 1420. The van der Waals surface area contributed by atoms with E-state index in [0.29, 0.717) is 38.4 Å². The van der Waals surface area contributed by atoms with Gasteiger partial charge in [-0.15, -0.1) is 0 Å². The zero-order valence-electron chi connectivity index (χ0n) is 19.1. The van der Waals surface area contributed by atoms with Crippen LogP contribution in [-0.4, -0.2) is 25.0 Å². The van der Waals surface area contributed by atoms with Gasteiger partial charge >= 0.3 is 6.03 Å². The van der Waals surface area contributed by atoms with Crippen molar-refractivity contribution < 1.29 is 23.9 Å². The van der Waals surface area contributed by atoms with E-state index in [1.165, 1.54) is 13.2 Å². The monoisotopic (exact) mass is 588 g/mol. The number of amides is 4. The van der Waals surface area contributed by atoms with E-state index in [4.69, 9.17) is 32.7 Å². The van der Waals surface area contributed by atoms with E-state index >= 15 is 0 Å². The Hall–Kier alpha value is -3.33. The molecule has 10 heteroatoms. The predicted molar refractivity (Wildman–Crippen MR) is 142 cm³/mol. The largest absolute Gasteiger partial charge is 0.493 e. The van der Waals surface area contributed by atoms with E-state index in [9.17, 15) is 14.4 Å². The standard InChI is InChI=1S/C26H19BrCl2N2O5/c1-14-9-17(27)5-7-21(14)31-25(33)18(24(32)30-26(31)34)10-15-4-8-22(23(12-15)35-2)36-13-16-3-6-19(28)20(29)11-16/h3-12H,13H2,1-2H3,(H,30,32,34)/b18-10-. The lowest BCUT2D eigenvalue weighted by Gasteiger charge is -2.27. The van der Waals surface area contributed by atoms with Crippen molar-refractivity contribution in [2.45, 2.75) is 13.5 Å². The molecule has 1 saturated heterocycles. The zero-order chi connectivity index (χ0) is 26.0. The van der Waals surface area contributed by atoms with Crippen LogP contribution in [-0.2, 0) is 16.2 Å². The molecule has 0 spiro atoms. The summed E-state index contributed by atoms with van der Waals surface area (Å²) in [6.07, 6.45) is 1.40. The molecule has 0 aliphatic carbocycles. The maximum atomic E-state index is 13.2. The second-order valence-corrected chi connectivity index (χ2v) is 9.57. The summed E-state index contributed by atoms with van der Waals surface area (Å²) in [6.45, 7) is 1.99. The molecule has 0 bridgehead atoms. The van der Waals surface area contributed by atoms with Gasteiger partial charge in [0.1, 0.15) is 12.2 Å². The highest BCUT2D eigenvalue weighted by molar-refractivity contribution is 9.10. The fourth-order valence-corrected chi connectivity index (χ4v) is 4.39. The maximum Gasteiger partial charge on any atom is 0.335 e. The Labute approximate surface area is 225 Å². The second-order valence-electron chi connectivity index (χ2n) is 7.84. The van der Waals surface area contributed by atoms with Crippen molar-refractivity contribution in [2.24, 2.45) is 0 Å². The first-order chi connectivity index (χ1) is 17.2. The third-order valence-electron chi connectivity index (χ3n) is 5.38. The van der Waals surface area contributed by atoms with Crippen LogP contribution in [0.25, 0.3) is 6.08 Å². The number of imide groups is 2. The summed E-state index contributed by atoms with van der Waals surface area (Å²) >= 11 is 15.4. The van der Waals surface area contributed by atoms with Crippen LogP contribution in [0.15, 0.2) is 64.6 Å². The van der Waals surface area contributed by atoms with Crippen LogP contribution in [0.4, 0.5) is 10.5 Å². The van der Waals surface area contributed by atoms with Gasteiger partial charge in [0.2, 0.25) is 0 Å². The van der Waals surface area contributed by atoms with Gasteiger partial charge in [-0.05, 0) is 72.2 Å². The Kier molecular flexibility index (Phi) is 7.68. The third kappa shape index (κ3) is 5.41. The summed E-state index contributed by atoms with van der Waals surface area (Å²) < 4.78 is 12.1. The number of ether oxygens (including phenoxy) is 2. The maximum absolute atomic E-state index is 13.2. The van der Waals surface area contributed by atoms with Crippen LogP contribution < -0.4 is 19.7 Å². The third-order valence-corrected chi connectivity index (χ3v) is 6.61. The summed E-state index contributed by atoms with van der Waals surface area (Å²) in [4.78, 5) is 39.2. The van der Waals surface area contributed by atoms with Crippen LogP contribution in [0, 0.1) is 6.92 Å². The number of barbiturate groups is 1. The van der Waals surface area contributed by atoms with E-state index in [-0.39, 0.29) is 12.2 Å². The number of hydrogen-bond acceptors (Lipinski definition) is 5. The van der Waals surface area contributed by atoms with Crippen molar-refractivity contribution in [3.63, 3.8) is 0 Å². The molecule has 7 nitrogen and oxygen atoms in total. The summed E-state index contributed by atoms with van der Waals surface area (Å²) in [6, 6.07) is 14.5. The molecular weight excluding hydrogens is 571 g/mol. The first-order valence-electron chi connectivity index (χ1n) is 10.6. The van der Waals surface area contributed by atoms with Gasteiger partial charge in [-0.2, -0.15) is 0 Å². The fourth-order valence-electron chi connectivity index (χ4n) is 3.60. The number of benzene rings is 3. The lowest BCUT2D eigenvalue weighted by atomic mass is 10.1. The highest BCUT2D eigenvalue weighted by Crippen LogP contribution is 2.32. The molecule has 0 radical (unpaired) electrons. The van der Waals surface area contributed by atoms with Gasteiger partial charge in [-0.1, -0.05) is 51.3 Å². The first-order valence-corrected chi connectivity index (χ1v) is 12.1. The minimum atomic E-state index is -0.809. The van der Waals surface area contributed by atoms with E-state index in [1.54, 1.807) is 61.5 Å². The van der Waals surface area contributed by atoms with Crippen molar-refractivity contribution >= 4 is 68.7 Å². The summed E-state index contributed by atoms with van der Waals surface area (Å²) in [5.74, 6) is -0.666. The molecule has 1 aliphatic rings. The Morgan fingerprint density at radius 1 is 0.972 bits per heavy atom. The number of halogens is 3. The molecular formula is C26H19BrCl2N2O5. The number of carbonyl (C=O) groups excluding carboxylic acids is 3. The summed E-state index contributed by atoms with van der Waals surface area (Å²) in [5, 5.41) is 3.10. The van der Waals surface area contributed by atoms with E-state index in [1.807, 2.05) is 0 Å². The van der Waals surface area contributed by atoms with Crippen LogP contribution in [0.1, 0.15) is 16.7 Å². The van der Waals surface area contributed by atoms with Gasteiger partial charge in [-0.3, -0.25) is 14.9 Å². The van der Waals surface area contributed by atoms with Crippen molar-refractivity contribution in [3.05, 3.63) is 91.4 Å². The minimum Gasteiger partial charge on any atom is -0.493 e. The number of nitrogens with one attached hydrogen (secondary N) is 1. The molecule has 1 N–H and O–H groups in total. The van der Waals surface area contributed by atoms with Gasteiger partial charge in [-0.25, -0.2) is 9.69 Å². The Balaban J connectivity index is 1.60. The number of methoxy groups -OCH3 is 1. The highest BCUT2D eigenvalue weighted by Gasteiger charge is 2.37. The molecule has 0 unspecified atom stereocenters. The predicted octanol–water partition coefficient (Wildman–Crippen LogP) is 6.32. The first kappa shape index (κ1) is 25.8. The van der Waals surface area contributed by atoms with Gasteiger partial charge in [0.15, 0.2) is 11.5 Å². The number of anilines is 1. The van der Waals surface area contributed by atoms with Crippen molar-refractivity contribution in [1.29, 1.82) is 0 Å². The van der Waals surface area contributed by atoms with Crippen LogP contribution in [0.3, 0.4) is 0 Å². The van der Waals surface area contributed by atoms with Gasteiger partial charge in [0, 0.05) is 4.47 Å². The Morgan fingerprint density at radius 3 is 2.44 bits per heavy atom. The quantitative estimate of drug-likeness (QED) is 0.269. The van der Waals surface area contributed by atoms with Crippen LogP contribution in [0.2, 0.25) is 10.0 Å². The number of urea groups is 1. The molecule has 4 rings (SSSR count). The summed E-state index contributed by atoms with van der Waals surface area (Å²) in [5.41, 5.74) is 2.20. The van der Waals surface area contributed by atoms with Crippen LogP contribution >= 0.6 is 39.1 Å². The molecule has 184 valence electrons. The van der Waals surface area contributed by atoms with E-state index in [2.05, 4.69) is 21.2 Å². The van der Waals surface area contributed by atoms with E-state index < -0.39 is 17.8 Å². The average molecular weight is 590 g/mol. The molecule has 3 aromatic carbocycles. The van der Waals surface area contributed by atoms with Gasteiger partial charge in [0.25, 0.3) is 11.8 Å². The van der Waals surface area contributed by atoms with Crippen molar-refractivity contribution in [2.75, 3.05) is 12.0 Å². The van der Waals surface area contributed by atoms with Gasteiger partial charge < -0.3 is 9.47 Å². The molecule has 1 aliphatic heterocycles. The van der Waals surface area contributed by atoms with Crippen LogP contribution in [0.5, 0.6) is 11.5 Å². The number of hydrogen-bond donors (Lipinski definition) is 1. The van der Waals surface area contributed by atoms with Crippen molar-refractivity contribution in [1.82, 2.24) is 5.32 Å². The Morgan fingerprint density at radius 2 is 1.75 bits per heavy atom. The molecule has 1 fully saturated rings. The lowest BCUT2D eigenvalue weighted by Crippen LogP contribution is -2.54. The fraction of sp³-hybridized carbons (Fsp3) is 0.115. The number of rotatable bonds is 6. The van der Waals surface area contributed by atoms with Crippen molar-refractivity contribution in [3.8, 4) is 11.5 Å². The lowest BCUT2D eigenvalue weighted by molar-refractivity contribution is -0.122. The molecule has 36 heavy (non-hydrogen) atoms. The number of nitrogens with zero attached hydrogens (tertiary/aromatic N) is 1. The van der Waals surface area contributed by atoms with Gasteiger partial charge in [0.05, 0.1) is 22.8 Å². The molecule has 1 heterocycles. The SMILES string of the molecule is COc1cc(/C=C2/C(=O)NC(=O)N(c3ccc(Br)cc3C)C2=O)ccc1OCc1ccc(Cl)c(Cl)c1. The molecule has 0 aromatic heterocycles.